The highest BCUT2D eigenvalue weighted by atomic mass is 19.1. The van der Waals surface area contributed by atoms with Crippen LogP contribution in [0.1, 0.15) is 30.4 Å². The van der Waals surface area contributed by atoms with E-state index in [-0.39, 0.29) is 32.5 Å². The molecule has 2 aliphatic heterocycles. The lowest BCUT2D eigenvalue weighted by molar-refractivity contribution is -0.314. The number of carbonyl (C=O) groups is 2. The molecule has 16 nitrogen and oxygen atoms in total. The van der Waals surface area contributed by atoms with Crippen LogP contribution < -0.4 is 22.1 Å². The van der Waals surface area contributed by atoms with Gasteiger partial charge in [-0.15, -0.1) is 0 Å². The second-order valence-corrected chi connectivity index (χ2v) is 12.9. The van der Waals surface area contributed by atoms with Gasteiger partial charge in [-0.3, -0.25) is 0 Å². The Bertz CT molecular complexity index is 1380. The van der Waals surface area contributed by atoms with Gasteiger partial charge in [0.15, 0.2) is 12.6 Å². The Labute approximate surface area is 294 Å². The molecule has 0 bridgehead atoms. The highest BCUT2D eigenvalue weighted by molar-refractivity contribution is 5.68. The first-order valence-electron chi connectivity index (χ1n) is 16.9. The molecular weight excluding hydrogens is 675 g/mol. The Morgan fingerprint density at radius 2 is 1.33 bits per heavy atom. The molecule has 2 amide bonds. The minimum Gasteiger partial charge on any atom is -0.445 e. The first-order valence-corrected chi connectivity index (χ1v) is 16.9. The summed E-state index contributed by atoms with van der Waals surface area (Å²) in [4.78, 5) is 25.8. The van der Waals surface area contributed by atoms with Gasteiger partial charge in [-0.05, 0) is 30.4 Å². The van der Waals surface area contributed by atoms with E-state index in [9.17, 15) is 34.4 Å². The lowest BCUT2D eigenvalue weighted by Gasteiger charge is -2.48. The molecule has 5 rings (SSSR count). The molecule has 0 aromatic heterocycles. The van der Waals surface area contributed by atoms with Gasteiger partial charge in [0, 0.05) is 6.04 Å². The summed E-state index contributed by atoms with van der Waals surface area (Å²) in [5.41, 5.74) is 13.9. The van der Waals surface area contributed by atoms with Gasteiger partial charge < -0.3 is 70.9 Å². The zero-order valence-electron chi connectivity index (χ0n) is 27.8. The molecule has 1 saturated carbocycles. The van der Waals surface area contributed by atoms with E-state index in [2.05, 4.69) is 10.6 Å². The maximum absolute atomic E-state index is 13.9. The molecule has 51 heavy (non-hydrogen) atoms. The van der Waals surface area contributed by atoms with Gasteiger partial charge in [0.25, 0.3) is 0 Å². The first-order chi connectivity index (χ1) is 24.6. The number of hydrogen-bond donors (Lipinski definition) is 8. The monoisotopic (exact) mass is 722 g/mol. The normalized spacial score (nSPS) is 35.4. The van der Waals surface area contributed by atoms with Gasteiger partial charge >= 0.3 is 12.2 Å². The zero-order valence-corrected chi connectivity index (χ0v) is 27.8. The van der Waals surface area contributed by atoms with Crippen LogP contribution in [0, 0.1) is 0 Å². The van der Waals surface area contributed by atoms with E-state index in [1.165, 1.54) is 0 Å². The van der Waals surface area contributed by atoms with Gasteiger partial charge in [0.1, 0.15) is 56.5 Å². The molecule has 13 atom stereocenters. The van der Waals surface area contributed by atoms with Crippen molar-refractivity contribution in [2.45, 2.75) is 112 Å². The molecular formula is C34H47FN4O12. The summed E-state index contributed by atoms with van der Waals surface area (Å²) in [6, 6.07) is 13.8. The Morgan fingerprint density at radius 3 is 1.90 bits per heavy atom. The topological polar surface area (TPSA) is 247 Å². The van der Waals surface area contributed by atoms with Gasteiger partial charge in [-0.2, -0.15) is 0 Å². The van der Waals surface area contributed by atoms with Crippen LogP contribution >= 0.6 is 0 Å². The molecule has 0 spiro atoms. The second-order valence-electron chi connectivity index (χ2n) is 12.9. The summed E-state index contributed by atoms with van der Waals surface area (Å²) in [6.45, 7) is -1.56. The molecule has 3 fully saturated rings. The van der Waals surface area contributed by atoms with Crippen LogP contribution in [0.3, 0.4) is 0 Å². The lowest BCUT2D eigenvalue weighted by atomic mass is 9.83. The molecule has 2 aromatic rings. The number of hydrogen-bond acceptors (Lipinski definition) is 14. The van der Waals surface area contributed by atoms with Crippen LogP contribution in [0.4, 0.5) is 14.0 Å². The highest BCUT2D eigenvalue weighted by Gasteiger charge is 2.51. The van der Waals surface area contributed by atoms with Crippen molar-refractivity contribution in [1.82, 2.24) is 10.6 Å². The summed E-state index contributed by atoms with van der Waals surface area (Å²) in [5, 5.41) is 47.8. The number of halogens is 1. The molecule has 2 aromatic carbocycles. The number of alkyl carbamates (subject to hydrolysis) is 2. The number of nitrogens with two attached hydrogens (primary N) is 2. The third-order valence-corrected chi connectivity index (χ3v) is 9.20. The number of alkyl halides is 1. The maximum Gasteiger partial charge on any atom is 0.407 e. The van der Waals surface area contributed by atoms with Gasteiger partial charge in [0.2, 0.25) is 0 Å². The summed E-state index contributed by atoms with van der Waals surface area (Å²) >= 11 is 0. The number of rotatable bonds is 12. The van der Waals surface area contributed by atoms with Crippen LogP contribution in [-0.4, -0.2) is 125 Å². The summed E-state index contributed by atoms with van der Waals surface area (Å²) < 4.78 is 48.3. The molecule has 3 aliphatic rings. The minimum absolute atomic E-state index is 0.0128. The van der Waals surface area contributed by atoms with Crippen LogP contribution in [0.15, 0.2) is 60.7 Å². The predicted octanol–water partition coefficient (Wildman–Crippen LogP) is -0.320. The zero-order chi connectivity index (χ0) is 36.5. The van der Waals surface area contributed by atoms with E-state index >= 15 is 0 Å². The number of ether oxygens (including phenoxy) is 6. The Balaban J connectivity index is 1.33. The summed E-state index contributed by atoms with van der Waals surface area (Å²) in [5.74, 6) is 0. The summed E-state index contributed by atoms with van der Waals surface area (Å²) in [7, 11) is 0. The quantitative estimate of drug-likeness (QED) is 0.140. The summed E-state index contributed by atoms with van der Waals surface area (Å²) in [6.07, 6.45) is -13.5. The van der Waals surface area contributed by atoms with Gasteiger partial charge in [0.05, 0.1) is 30.8 Å². The van der Waals surface area contributed by atoms with Gasteiger partial charge in [-0.25, -0.2) is 14.0 Å². The van der Waals surface area contributed by atoms with E-state index in [1.54, 1.807) is 48.5 Å². The Morgan fingerprint density at radius 1 is 0.765 bits per heavy atom. The molecule has 10 N–H and O–H groups in total. The van der Waals surface area contributed by atoms with Crippen molar-refractivity contribution in [2.75, 3.05) is 13.3 Å². The maximum atomic E-state index is 13.9. The van der Waals surface area contributed by atoms with Crippen molar-refractivity contribution in [3.05, 3.63) is 71.8 Å². The number of nitrogens with one attached hydrogen (secondary N) is 2. The molecule has 2 saturated heterocycles. The average Bonchev–Trinajstić information content (AvgIpc) is 3.14. The average molecular weight is 723 g/mol. The van der Waals surface area contributed by atoms with Crippen molar-refractivity contribution in [3.8, 4) is 0 Å². The van der Waals surface area contributed by atoms with E-state index in [0.717, 1.165) is 11.1 Å². The van der Waals surface area contributed by atoms with Crippen LogP contribution in [0.5, 0.6) is 0 Å². The van der Waals surface area contributed by atoms with Crippen LogP contribution in [0.2, 0.25) is 0 Å². The van der Waals surface area contributed by atoms with Crippen molar-refractivity contribution in [2.24, 2.45) is 11.5 Å². The molecule has 282 valence electrons. The third-order valence-electron chi connectivity index (χ3n) is 9.20. The number of benzene rings is 2. The fourth-order valence-electron chi connectivity index (χ4n) is 6.34. The van der Waals surface area contributed by atoms with Crippen molar-refractivity contribution >= 4 is 12.2 Å². The largest absolute Gasteiger partial charge is 0.445 e. The van der Waals surface area contributed by atoms with Crippen molar-refractivity contribution in [1.29, 1.82) is 0 Å². The molecule has 17 heteroatoms. The van der Waals surface area contributed by atoms with Crippen LogP contribution in [0.25, 0.3) is 0 Å². The third kappa shape index (κ3) is 10.1. The lowest BCUT2D eigenvalue weighted by Crippen LogP contribution is -2.68. The fourth-order valence-corrected chi connectivity index (χ4v) is 6.34. The highest BCUT2D eigenvalue weighted by Crippen LogP contribution is 2.32. The van der Waals surface area contributed by atoms with Crippen molar-refractivity contribution in [3.63, 3.8) is 0 Å². The number of amides is 2. The Kier molecular flexibility index (Phi) is 13.9. The molecule has 0 radical (unpaired) electrons. The van der Waals surface area contributed by atoms with E-state index < -0.39 is 105 Å². The van der Waals surface area contributed by atoms with E-state index in [0.29, 0.717) is 0 Å². The molecule has 1 aliphatic carbocycles. The van der Waals surface area contributed by atoms with Crippen LogP contribution in [-0.2, 0) is 41.6 Å². The van der Waals surface area contributed by atoms with Crippen molar-refractivity contribution < 1.29 is 62.8 Å². The number of aliphatic hydroxyl groups excluding tert-OH is 4. The van der Waals surface area contributed by atoms with E-state index in [1.807, 2.05) is 12.1 Å². The SMILES string of the molecule is N[C@@H]1[C@@H](O)[C@@H](O[C@@H]2[C@@H](O)[C@H](O[C@H]3O[C@H](CF)CC[C@H]3NC(=O)OCc3ccccc3)[C@@H](NC(=O)OCc3ccccc3)C[C@H]2N)O[C@H](CO)[C@H]1O. The minimum atomic E-state index is -1.65. The molecule has 2 heterocycles. The van der Waals surface area contributed by atoms with E-state index in [4.69, 9.17) is 39.9 Å². The predicted molar refractivity (Wildman–Crippen MR) is 175 cm³/mol. The number of aliphatic hydroxyl groups is 4. The second kappa shape index (κ2) is 18.3. The Hall–Kier alpha value is -3.49. The first kappa shape index (κ1) is 38.7. The smallest absolute Gasteiger partial charge is 0.407 e. The standard InChI is InChI=1S/C34H47FN4O12/c35-14-20-11-12-22(38-33(44)46-16-18-7-3-1-4-8-18)31(48-20)51-30-23(39-34(45)47-17-19-9-5-2-6-10-19)13-21(36)29(28(30)43)50-32-27(42)25(37)26(41)24(15-40)49-32/h1-10,20-32,40-43H,11-17,36-37H2,(H,38,44)(H,39,45)/t20-,21+,22+,23-,24+,25-,26+,27+,28+,29-,30+,31+,32+/m0/s1. The number of carbonyl (C=O) groups excluding carboxylic acids is 2. The fraction of sp³-hybridized carbons (Fsp3) is 0.588. The van der Waals surface area contributed by atoms with Gasteiger partial charge in [-0.1, -0.05) is 60.7 Å². The molecule has 0 unspecified atom stereocenters.